The number of aryl methyl sites for hydroxylation is 1. The number of rotatable bonds is 3. The number of nitrogens with zero attached hydrogens (tertiary/aromatic N) is 4. The molecule has 148 valence electrons. The van der Waals surface area contributed by atoms with E-state index in [9.17, 15) is 9.59 Å². The summed E-state index contributed by atoms with van der Waals surface area (Å²) in [7, 11) is 1.62. The zero-order valence-electron chi connectivity index (χ0n) is 15.9. The van der Waals surface area contributed by atoms with Gasteiger partial charge in [0.15, 0.2) is 5.69 Å². The smallest absolute Gasteiger partial charge is 0.280 e. The lowest BCUT2D eigenvalue weighted by atomic mass is 9.99. The predicted molar refractivity (Wildman–Crippen MR) is 112 cm³/mol. The van der Waals surface area contributed by atoms with Gasteiger partial charge in [-0.1, -0.05) is 35.3 Å². The fraction of sp³-hybridized carbons (Fsp3) is 0.286. The normalized spacial score (nSPS) is 18.4. The maximum absolute atomic E-state index is 13.5. The Labute approximate surface area is 177 Å². The van der Waals surface area contributed by atoms with E-state index in [0.717, 1.165) is 29.7 Å². The second-order valence-corrected chi connectivity index (χ2v) is 8.46. The second kappa shape index (κ2) is 6.47. The molecule has 0 saturated heterocycles. The molecule has 0 radical (unpaired) electrons. The van der Waals surface area contributed by atoms with Crippen LogP contribution >= 0.6 is 23.2 Å². The number of pyridine rings is 1. The second-order valence-electron chi connectivity index (χ2n) is 7.61. The van der Waals surface area contributed by atoms with Gasteiger partial charge in [-0.2, -0.15) is 5.10 Å². The van der Waals surface area contributed by atoms with E-state index in [1.165, 1.54) is 4.57 Å². The summed E-state index contributed by atoms with van der Waals surface area (Å²) in [5.74, 6) is -0.197. The van der Waals surface area contributed by atoms with E-state index in [1.54, 1.807) is 24.2 Å². The monoisotopic (exact) mass is 428 g/mol. The van der Waals surface area contributed by atoms with E-state index in [0.29, 0.717) is 22.4 Å². The number of aromatic nitrogens is 3. The number of hydrogen-bond acceptors (Lipinski definition) is 3. The highest BCUT2D eigenvalue weighted by atomic mass is 35.5. The van der Waals surface area contributed by atoms with Crippen LogP contribution in [0.2, 0.25) is 10.0 Å². The summed E-state index contributed by atoms with van der Waals surface area (Å²) in [6.07, 6.45) is 3.80. The minimum Gasteiger partial charge on any atom is -0.315 e. The average Bonchev–Trinajstić information content (AvgIpc) is 3.42. The summed E-state index contributed by atoms with van der Waals surface area (Å²) in [5.41, 5.74) is 3.52. The van der Waals surface area contributed by atoms with Crippen LogP contribution < -0.4 is 10.5 Å². The van der Waals surface area contributed by atoms with Crippen LogP contribution in [0.4, 0.5) is 5.69 Å². The molecule has 2 aromatic heterocycles. The van der Waals surface area contributed by atoms with Gasteiger partial charge in [0.2, 0.25) is 0 Å². The van der Waals surface area contributed by atoms with Crippen LogP contribution in [0, 0.1) is 6.92 Å². The number of halogens is 2. The Balaban J connectivity index is 1.72. The van der Waals surface area contributed by atoms with Crippen LogP contribution in [0.1, 0.15) is 52.2 Å². The first-order chi connectivity index (χ1) is 13.9. The van der Waals surface area contributed by atoms with Gasteiger partial charge < -0.3 is 4.57 Å². The van der Waals surface area contributed by atoms with Gasteiger partial charge in [-0.3, -0.25) is 19.2 Å². The summed E-state index contributed by atoms with van der Waals surface area (Å²) < 4.78 is 3.37. The van der Waals surface area contributed by atoms with E-state index in [1.807, 2.05) is 35.9 Å². The number of carbonyl (C=O) groups excluding carboxylic acids is 1. The molecule has 3 aromatic rings. The quantitative estimate of drug-likeness (QED) is 0.625. The van der Waals surface area contributed by atoms with Crippen molar-refractivity contribution in [3.63, 3.8) is 0 Å². The minimum absolute atomic E-state index is 0.0666. The van der Waals surface area contributed by atoms with Crippen LogP contribution in [0.25, 0.3) is 0 Å². The molecule has 1 atom stereocenters. The molecule has 1 amide bonds. The van der Waals surface area contributed by atoms with Crippen molar-refractivity contribution in [1.82, 2.24) is 14.3 Å². The highest BCUT2D eigenvalue weighted by molar-refractivity contribution is 6.31. The third kappa shape index (κ3) is 2.81. The van der Waals surface area contributed by atoms with Crippen LogP contribution in [0.5, 0.6) is 0 Å². The van der Waals surface area contributed by atoms with E-state index >= 15 is 0 Å². The molecular weight excluding hydrogens is 411 g/mol. The lowest BCUT2D eigenvalue weighted by molar-refractivity contribution is 0.0987. The molecule has 0 bridgehead atoms. The first kappa shape index (κ1) is 18.5. The molecule has 5 rings (SSSR count). The molecule has 0 N–H and O–H groups in total. The Kier molecular flexibility index (Phi) is 4.12. The fourth-order valence-corrected chi connectivity index (χ4v) is 4.44. The molecule has 3 heterocycles. The number of carbonyl (C=O) groups is 1. The number of hydrogen-bond donors (Lipinski definition) is 0. The van der Waals surface area contributed by atoms with Crippen molar-refractivity contribution in [3.05, 3.63) is 79.4 Å². The van der Waals surface area contributed by atoms with Gasteiger partial charge in [-0.05, 0) is 43.5 Å². The molecule has 0 spiro atoms. The van der Waals surface area contributed by atoms with Crippen molar-refractivity contribution in [3.8, 4) is 0 Å². The molecule has 2 aliphatic rings. The Morgan fingerprint density at radius 1 is 1.10 bits per heavy atom. The third-order valence-corrected chi connectivity index (χ3v) is 6.15. The summed E-state index contributed by atoms with van der Waals surface area (Å²) in [6.45, 7) is 2.01. The molecule has 8 heteroatoms. The maximum atomic E-state index is 13.5. The van der Waals surface area contributed by atoms with Crippen molar-refractivity contribution in [2.45, 2.75) is 31.8 Å². The highest BCUT2D eigenvalue weighted by Crippen LogP contribution is 2.45. The lowest BCUT2D eigenvalue weighted by Crippen LogP contribution is -2.31. The van der Waals surface area contributed by atoms with Gasteiger partial charge in [0.25, 0.3) is 11.5 Å². The van der Waals surface area contributed by atoms with Gasteiger partial charge in [0.1, 0.15) is 5.02 Å². The number of benzene rings is 1. The molecule has 1 aliphatic heterocycles. The first-order valence-electron chi connectivity index (χ1n) is 9.41. The van der Waals surface area contributed by atoms with Crippen LogP contribution in [-0.4, -0.2) is 20.3 Å². The van der Waals surface area contributed by atoms with Gasteiger partial charge in [-0.15, -0.1) is 0 Å². The first-order valence-corrected chi connectivity index (χ1v) is 10.2. The number of fused-ring (bicyclic) bond motifs is 1. The molecule has 1 aliphatic carbocycles. The van der Waals surface area contributed by atoms with Crippen molar-refractivity contribution >= 4 is 34.8 Å². The van der Waals surface area contributed by atoms with Crippen LogP contribution in [0.3, 0.4) is 0 Å². The molecule has 1 fully saturated rings. The zero-order chi connectivity index (χ0) is 20.4. The van der Waals surface area contributed by atoms with E-state index in [-0.39, 0.29) is 22.5 Å². The molecule has 6 nitrogen and oxygen atoms in total. The Hall–Kier alpha value is -2.57. The SMILES string of the molecule is Cc1c2c(nn1C1CC1)C(=O)N(c1cc(Cl)c(=O)n(C)c1)[C@@H]2c1ccc(Cl)cc1. The maximum Gasteiger partial charge on any atom is 0.280 e. The standard InChI is InChI=1S/C21H18Cl2N4O2/c1-11-17-18(24-27(11)14-7-8-14)21(29)26(15-9-16(23)20(28)25(2)10-15)19(17)12-3-5-13(22)6-4-12/h3-6,9-10,14,19H,7-8H2,1-2H3/t19-/m1/s1. The molecule has 29 heavy (non-hydrogen) atoms. The van der Waals surface area contributed by atoms with Crippen molar-refractivity contribution in [2.24, 2.45) is 7.05 Å². The van der Waals surface area contributed by atoms with Crippen molar-refractivity contribution < 1.29 is 4.79 Å². The molecule has 1 aromatic carbocycles. The minimum atomic E-state index is -0.365. The van der Waals surface area contributed by atoms with E-state index in [2.05, 4.69) is 5.10 Å². The largest absolute Gasteiger partial charge is 0.315 e. The Morgan fingerprint density at radius 3 is 2.41 bits per heavy atom. The Bertz CT molecular complexity index is 1180. The topological polar surface area (TPSA) is 60.1 Å². The summed E-state index contributed by atoms with van der Waals surface area (Å²) in [4.78, 5) is 27.2. The number of amides is 1. The van der Waals surface area contributed by atoms with E-state index in [4.69, 9.17) is 23.2 Å². The van der Waals surface area contributed by atoms with E-state index < -0.39 is 0 Å². The molecule has 0 unspecified atom stereocenters. The lowest BCUT2D eigenvalue weighted by Gasteiger charge is -2.27. The predicted octanol–water partition coefficient (Wildman–Crippen LogP) is 4.28. The third-order valence-electron chi connectivity index (χ3n) is 5.63. The van der Waals surface area contributed by atoms with Gasteiger partial charge >= 0.3 is 0 Å². The van der Waals surface area contributed by atoms with Crippen LogP contribution in [0.15, 0.2) is 41.3 Å². The van der Waals surface area contributed by atoms with Crippen LogP contribution in [-0.2, 0) is 7.05 Å². The summed E-state index contributed by atoms with van der Waals surface area (Å²) in [6, 6.07) is 9.01. The van der Waals surface area contributed by atoms with Crippen molar-refractivity contribution in [1.29, 1.82) is 0 Å². The number of anilines is 1. The molecule has 1 saturated carbocycles. The van der Waals surface area contributed by atoms with Crippen molar-refractivity contribution in [2.75, 3.05) is 4.90 Å². The van der Waals surface area contributed by atoms with Gasteiger partial charge in [-0.25, -0.2) is 0 Å². The summed E-state index contributed by atoms with van der Waals surface area (Å²) >= 11 is 12.2. The zero-order valence-corrected chi connectivity index (χ0v) is 17.4. The Morgan fingerprint density at radius 2 is 1.79 bits per heavy atom. The van der Waals surface area contributed by atoms with Gasteiger partial charge in [0, 0.05) is 29.5 Å². The summed E-state index contributed by atoms with van der Waals surface area (Å²) in [5, 5.41) is 5.35. The fourth-order valence-electron chi connectivity index (χ4n) is 4.06. The van der Waals surface area contributed by atoms with Gasteiger partial charge in [0.05, 0.1) is 17.8 Å². The molecular formula is C21H18Cl2N4O2. The highest BCUT2D eigenvalue weighted by Gasteiger charge is 2.45. The average molecular weight is 429 g/mol.